The van der Waals surface area contributed by atoms with Gasteiger partial charge >= 0.3 is 5.69 Å². The summed E-state index contributed by atoms with van der Waals surface area (Å²) in [7, 11) is 0. The molecule has 10 heteroatoms. The summed E-state index contributed by atoms with van der Waals surface area (Å²) in [6, 6.07) is 1.84. The number of rotatable bonds is 7. The van der Waals surface area contributed by atoms with E-state index in [0.717, 1.165) is 24.4 Å². The summed E-state index contributed by atoms with van der Waals surface area (Å²) in [6.07, 6.45) is 7.38. The second-order valence-corrected chi connectivity index (χ2v) is 5.57. The number of imidazole rings is 1. The lowest BCUT2D eigenvalue weighted by molar-refractivity contribution is -0.384. The summed E-state index contributed by atoms with van der Waals surface area (Å²) in [5, 5.41) is 18.9. The topological polar surface area (TPSA) is 117 Å². The maximum Gasteiger partial charge on any atom is 0.355 e. The summed E-state index contributed by atoms with van der Waals surface area (Å²) in [5.74, 6) is 0.343. The van der Waals surface area contributed by atoms with Gasteiger partial charge in [0, 0.05) is 31.2 Å². The maximum absolute atomic E-state index is 11.6. The largest absolute Gasteiger partial charge is 0.364 e. The molecule has 0 saturated heterocycles. The van der Waals surface area contributed by atoms with Gasteiger partial charge in [-0.1, -0.05) is 0 Å². The van der Waals surface area contributed by atoms with Crippen LogP contribution in [0.15, 0.2) is 31.1 Å². The van der Waals surface area contributed by atoms with Crippen LogP contribution in [-0.4, -0.2) is 40.8 Å². The number of hydrogen-bond acceptors (Lipinski definition) is 7. The summed E-state index contributed by atoms with van der Waals surface area (Å²) < 4.78 is 3.41. The Balaban J connectivity index is 1.80. The molecule has 0 unspecified atom stereocenters. The van der Waals surface area contributed by atoms with E-state index in [4.69, 9.17) is 0 Å². The number of nitrogens with zero attached hydrogens (tertiary/aromatic N) is 7. The molecule has 0 radical (unpaired) electrons. The smallest absolute Gasteiger partial charge is 0.355 e. The third-order valence-electron chi connectivity index (χ3n) is 3.64. The SMILES string of the molecule is Cc1cc(C)n(-c2ncnc(NCCCn3ccnc3)c2[N+](=O)[O-])n1. The van der Waals surface area contributed by atoms with Crippen molar-refractivity contribution < 1.29 is 4.92 Å². The molecule has 0 saturated carbocycles. The first-order valence-corrected chi connectivity index (χ1v) is 7.79. The van der Waals surface area contributed by atoms with Crippen molar-refractivity contribution in [3.05, 3.63) is 52.6 Å². The van der Waals surface area contributed by atoms with Crippen LogP contribution in [0.5, 0.6) is 0 Å². The predicted octanol–water partition coefficient (Wildman–Crippen LogP) is 1.89. The fourth-order valence-corrected chi connectivity index (χ4v) is 2.55. The Labute approximate surface area is 143 Å². The van der Waals surface area contributed by atoms with E-state index in [-0.39, 0.29) is 17.3 Å². The lowest BCUT2D eigenvalue weighted by Gasteiger charge is -2.09. The van der Waals surface area contributed by atoms with E-state index in [9.17, 15) is 10.1 Å². The first-order valence-electron chi connectivity index (χ1n) is 7.79. The van der Waals surface area contributed by atoms with Crippen LogP contribution in [0.1, 0.15) is 17.8 Å². The van der Waals surface area contributed by atoms with Crippen molar-refractivity contribution in [1.82, 2.24) is 29.3 Å². The molecule has 0 atom stereocenters. The Morgan fingerprint density at radius 3 is 2.80 bits per heavy atom. The van der Waals surface area contributed by atoms with E-state index in [1.807, 2.05) is 30.7 Å². The van der Waals surface area contributed by atoms with Crippen LogP contribution < -0.4 is 5.32 Å². The predicted molar refractivity (Wildman–Crippen MR) is 90.6 cm³/mol. The lowest BCUT2D eigenvalue weighted by Crippen LogP contribution is -2.13. The van der Waals surface area contributed by atoms with Crippen molar-refractivity contribution in [2.24, 2.45) is 0 Å². The van der Waals surface area contributed by atoms with E-state index >= 15 is 0 Å². The molecule has 3 rings (SSSR count). The molecule has 0 aliphatic carbocycles. The molecular weight excluding hydrogens is 324 g/mol. The van der Waals surface area contributed by atoms with Crippen LogP contribution in [0.2, 0.25) is 0 Å². The molecule has 0 aliphatic heterocycles. The molecule has 0 fully saturated rings. The minimum atomic E-state index is -0.482. The Hall–Kier alpha value is -3.30. The lowest BCUT2D eigenvalue weighted by atomic mass is 10.3. The fraction of sp³-hybridized carbons (Fsp3) is 0.333. The Bertz CT molecular complexity index is 872. The van der Waals surface area contributed by atoms with Crippen LogP contribution in [-0.2, 0) is 6.54 Å². The molecule has 130 valence electrons. The summed E-state index contributed by atoms with van der Waals surface area (Å²) in [5.41, 5.74) is 1.35. The van der Waals surface area contributed by atoms with Gasteiger partial charge in [0.25, 0.3) is 0 Å². The highest BCUT2D eigenvalue weighted by atomic mass is 16.6. The minimum absolute atomic E-state index is 0.155. The number of hydrogen-bond donors (Lipinski definition) is 1. The standard InChI is InChI=1S/C15H18N8O2/c1-11-8-12(2)22(20-11)15-13(23(24)25)14(18-9-19-15)17-4-3-6-21-7-5-16-10-21/h5,7-10H,3-4,6H2,1-2H3,(H,17,18,19). The van der Waals surface area contributed by atoms with E-state index in [0.29, 0.717) is 6.54 Å². The monoisotopic (exact) mass is 342 g/mol. The molecule has 25 heavy (non-hydrogen) atoms. The zero-order chi connectivity index (χ0) is 17.8. The van der Waals surface area contributed by atoms with Crippen molar-refractivity contribution in [2.75, 3.05) is 11.9 Å². The fourth-order valence-electron chi connectivity index (χ4n) is 2.55. The number of aryl methyl sites for hydroxylation is 3. The number of aromatic nitrogens is 6. The minimum Gasteiger partial charge on any atom is -0.364 e. The van der Waals surface area contributed by atoms with Gasteiger partial charge in [0.05, 0.1) is 16.9 Å². The van der Waals surface area contributed by atoms with Gasteiger partial charge in [-0.25, -0.2) is 19.6 Å². The molecule has 3 heterocycles. The summed E-state index contributed by atoms with van der Waals surface area (Å²) >= 11 is 0. The van der Waals surface area contributed by atoms with E-state index in [1.165, 1.54) is 11.0 Å². The highest BCUT2D eigenvalue weighted by Crippen LogP contribution is 2.28. The van der Waals surface area contributed by atoms with Crippen LogP contribution in [0.3, 0.4) is 0 Å². The molecule has 0 spiro atoms. The van der Waals surface area contributed by atoms with Crippen molar-refractivity contribution in [3.63, 3.8) is 0 Å². The summed E-state index contributed by atoms with van der Waals surface area (Å²) in [6.45, 7) is 4.94. The van der Waals surface area contributed by atoms with Crippen LogP contribution in [0.4, 0.5) is 11.5 Å². The normalized spacial score (nSPS) is 10.8. The second-order valence-electron chi connectivity index (χ2n) is 5.57. The van der Waals surface area contributed by atoms with Gasteiger partial charge in [0.15, 0.2) is 0 Å². The first kappa shape index (κ1) is 16.6. The number of nitrogens with one attached hydrogen (secondary N) is 1. The molecule has 0 bridgehead atoms. The van der Waals surface area contributed by atoms with Gasteiger partial charge in [-0.3, -0.25) is 10.1 Å². The van der Waals surface area contributed by atoms with Crippen molar-refractivity contribution in [1.29, 1.82) is 0 Å². The third-order valence-corrected chi connectivity index (χ3v) is 3.64. The molecule has 1 N–H and O–H groups in total. The van der Waals surface area contributed by atoms with Crippen molar-refractivity contribution in [2.45, 2.75) is 26.8 Å². The second kappa shape index (κ2) is 7.07. The van der Waals surface area contributed by atoms with Crippen LogP contribution >= 0.6 is 0 Å². The molecule has 0 amide bonds. The highest BCUT2D eigenvalue weighted by Gasteiger charge is 2.25. The zero-order valence-corrected chi connectivity index (χ0v) is 14.0. The maximum atomic E-state index is 11.6. The first-order chi connectivity index (χ1) is 12.1. The number of nitro groups is 1. The van der Waals surface area contributed by atoms with E-state index in [1.54, 1.807) is 12.5 Å². The average Bonchev–Trinajstić information content (AvgIpc) is 3.20. The Morgan fingerprint density at radius 2 is 2.16 bits per heavy atom. The Morgan fingerprint density at radius 1 is 1.32 bits per heavy atom. The van der Waals surface area contributed by atoms with E-state index < -0.39 is 4.92 Å². The molecule has 3 aromatic rings. The van der Waals surface area contributed by atoms with Crippen LogP contribution in [0, 0.1) is 24.0 Å². The molecule has 3 aromatic heterocycles. The zero-order valence-electron chi connectivity index (χ0n) is 14.0. The van der Waals surface area contributed by atoms with Gasteiger partial charge in [0.1, 0.15) is 6.33 Å². The van der Waals surface area contributed by atoms with Gasteiger partial charge in [-0.2, -0.15) is 5.10 Å². The van der Waals surface area contributed by atoms with Crippen molar-refractivity contribution >= 4 is 11.5 Å². The van der Waals surface area contributed by atoms with Crippen molar-refractivity contribution in [3.8, 4) is 5.82 Å². The highest BCUT2D eigenvalue weighted by molar-refractivity contribution is 5.64. The molecule has 0 aliphatic rings. The van der Waals surface area contributed by atoms with Gasteiger partial charge in [-0.15, -0.1) is 0 Å². The van der Waals surface area contributed by atoms with Gasteiger partial charge in [-0.05, 0) is 26.3 Å². The molecule has 10 nitrogen and oxygen atoms in total. The summed E-state index contributed by atoms with van der Waals surface area (Å²) in [4.78, 5) is 23.2. The average molecular weight is 342 g/mol. The molecular formula is C15H18N8O2. The third kappa shape index (κ3) is 3.62. The van der Waals surface area contributed by atoms with E-state index in [2.05, 4.69) is 25.4 Å². The van der Waals surface area contributed by atoms with Gasteiger partial charge in [0.2, 0.25) is 11.6 Å². The Kier molecular flexibility index (Phi) is 4.68. The quantitative estimate of drug-likeness (QED) is 0.396. The number of anilines is 1. The van der Waals surface area contributed by atoms with Crippen LogP contribution in [0.25, 0.3) is 5.82 Å². The van der Waals surface area contributed by atoms with Gasteiger partial charge < -0.3 is 9.88 Å². The molecule has 0 aromatic carbocycles.